The molecule has 0 aliphatic heterocycles. The molecule has 0 saturated heterocycles. The average Bonchev–Trinajstić information content (AvgIpc) is 2.76. The molecule has 10 heteroatoms. The van der Waals surface area contributed by atoms with Crippen LogP contribution in [0, 0.1) is 0 Å². The van der Waals surface area contributed by atoms with Gasteiger partial charge in [0.25, 0.3) is 5.56 Å². The summed E-state index contributed by atoms with van der Waals surface area (Å²) in [5.41, 5.74) is 4.02. The molecule has 0 atom stereocenters. The Hall–Kier alpha value is -3.66. The Morgan fingerprint density at radius 2 is 1.77 bits per heavy atom. The topological polar surface area (TPSA) is 126 Å². The SMILES string of the molecule is Cn1c(N)c(C(=O)COC(=O)c2cccnc2Sc2ccccc2)c(=O)n(C)c1=O. The van der Waals surface area contributed by atoms with Gasteiger partial charge in [0.05, 0.1) is 5.56 Å². The molecule has 0 aliphatic carbocycles. The highest BCUT2D eigenvalue weighted by Gasteiger charge is 2.22. The van der Waals surface area contributed by atoms with Gasteiger partial charge in [-0.2, -0.15) is 0 Å². The minimum absolute atomic E-state index is 0.181. The fourth-order valence-corrected chi connectivity index (χ4v) is 3.52. The number of esters is 1. The summed E-state index contributed by atoms with van der Waals surface area (Å²) in [5.74, 6) is -1.86. The Morgan fingerprint density at radius 1 is 1.07 bits per heavy atom. The van der Waals surface area contributed by atoms with Crippen molar-refractivity contribution in [3.63, 3.8) is 0 Å². The van der Waals surface area contributed by atoms with E-state index in [0.29, 0.717) is 5.03 Å². The molecule has 30 heavy (non-hydrogen) atoms. The molecular weight excluding hydrogens is 408 g/mol. The van der Waals surface area contributed by atoms with Gasteiger partial charge in [-0.15, -0.1) is 0 Å². The smallest absolute Gasteiger partial charge is 0.341 e. The zero-order chi connectivity index (χ0) is 21.8. The lowest BCUT2D eigenvalue weighted by molar-refractivity contribution is 0.0470. The molecule has 154 valence electrons. The van der Waals surface area contributed by atoms with Gasteiger partial charge in [-0.05, 0) is 24.3 Å². The van der Waals surface area contributed by atoms with Crippen LogP contribution >= 0.6 is 11.8 Å². The molecule has 1 aromatic carbocycles. The standard InChI is InChI=1S/C20H18N4O5S/c1-23-16(21)15(18(26)24(2)20(23)28)14(25)11-29-19(27)13-9-6-10-22-17(13)30-12-7-4-3-5-8-12/h3-10H,11,21H2,1-2H3. The lowest BCUT2D eigenvalue weighted by Crippen LogP contribution is -2.42. The Balaban J connectivity index is 1.80. The predicted molar refractivity (Wildman–Crippen MR) is 111 cm³/mol. The highest BCUT2D eigenvalue weighted by molar-refractivity contribution is 7.99. The first-order valence-electron chi connectivity index (χ1n) is 8.75. The van der Waals surface area contributed by atoms with Gasteiger partial charge < -0.3 is 10.5 Å². The van der Waals surface area contributed by atoms with E-state index in [1.165, 1.54) is 31.9 Å². The van der Waals surface area contributed by atoms with Gasteiger partial charge in [0.2, 0.25) is 5.78 Å². The Labute approximate surface area is 175 Å². The number of ether oxygens (including phenoxy) is 1. The van der Waals surface area contributed by atoms with Crippen molar-refractivity contribution in [3.8, 4) is 0 Å². The van der Waals surface area contributed by atoms with Crippen molar-refractivity contribution in [3.05, 3.63) is 80.6 Å². The summed E-state index contributed by atoms with van der Waals surface area (Å²) in [6.45, 7) is -0.708. The highest BCUT2D eigenvalue weighted by atomic mass is 32.2. The van der Waals surface area contributed by atoms with Crippen LogP contribution in [-0.4, -0.2) is 32.5 Å². The summed E-state index contributed by atoms with van der Waals surface area (Å²) < 4.78 is 6.85. The monoisotopic (exact) mass is 426 g/mol. The van der Waals surface area contributed by atoms with Crippen molar-refractivity contribution in [2.24, 2.45) is 14.1 Å². The predicted octanol–water partition coefficient (Wildman–Crippen LogP) is 1.25. The number of carbonyl (C=O) groups excluding carboxylic acids is 2. The van der Waals surface area contributed by atoms with E-state index < -0.39 is 35.2 Å². The van der Waals surface area contributed by atoms with Crippen LogP contribution in [0.2, 0.25) is 0 Å². The van der Waals surface area contributed by atoms with Crippen LogP contribution in [-0.2, 0) is 18.8 Å². The van der Waals surface area contributed by atoms with Crippen molar-refractivity contribution < 1.29 is 14.3 Å². The number of aromatic nitrogens is 3. The number of anilines is 1. The van der Waals surface area contributed by atoms with E-state index in [1.807, 2.05) is 30.3 Å². The summed E-state index contributed by atoms with van der Waals surface area (Å²) in [5, 5.41) is 0.415. The molecule has 0 saturated carbocycles. The number of nitrogens with zero attached hydrogens (tertiary/aromatic N) is 3. The van der Waals surface area contributed by atoms with E-state index in [9.17, 15) is 19.2 Å². The van der Waals surface area contributed by atoms with E-state index in [4.69, 9.17) is 10.5 Å². The number of ketones is 1. The van der Waals surface area contributed by atoms with Crippen LogP contribution in [0.15, 0.2) is 68.2 Å². The zero-order valence-corrected chi connectivity index (χ0v) is 17.0. The molecule has 2 aromatic heterocycles. The highest BCUT2D eigenvalue weighted by Crippen LogP contribution is 2.28. The number of Topliss-reactive ketones (excluding diaryl/α,β-unsaturated/α-hetero) is 1. The van der Waals surface area contributed by atoms with Crippen LogP contribution < -0.4 is 17.0 Å². The normalized spacial score (nSPS) is 10.6. The van der Waals surface area contributed by atoms with Gasteiger partial charge in [0, 0.05) is 25.2 Å². The molecule has 0 spiro atoms. The molecule has 0 aliphatic rings. The van der Waals surface area contributed by atoms with Crippen LogP contribution in [0.5, 0.6) is 0 Å². The zero-order valence-electron chi connectivity index (χ0n) is 16.2. The number of rotatable bonds is 6. The van der Waals surface area contributed by atoms with Crippen LogP contribution in [0.3, 0.4) is 0 Å². The number of benzene rings is 1. The first kappa shape index (κ1) is 21.1. The van der Waals surface area contributed by atoms with Gasteiger partial charge in [0.1, 0.15) is 16.4 Å². The number of nitrogens with two attached hydrogens (primary N) is 1. The van der Waals surface area contributed by atoms with E-state index in [1.54, 1.807) is 12.3 Å². The van der Waals surface area contributed by atoms with E-state index >= 15 is 0 Å². The fourth-order valence-electron chi connectivity index (χ4n) is 2.63. The minimum Gasteiger partial charge on any atom is -0.454 e. The van der Waals surface area contributed by atoms with E-state index in [2.05, 4.69) is 4.98 Å². The summed E-state index contributed by atoms with van der Waals surface area (Å²) >= 11 is 1.28. The Bertz CT molecular complexity index is 1230. The molecule has 2 heterocycles. The summed E-state index contributed by atoms with van der Waals surface area (Å²) in [6.07, 6.45) is 1.54. The average molecular weight is 426 g/mol. The molecule has 3 aromatic rings. The maximum atomic E-state index is 12.6. The molecule has 0 bridgehead atoms. The maximum absolute atomic E-state index is 12.6. The van der Waals surface area contributed by atoms with Gasteiger partial charge >= 0.3 is 11.7 Å². The first-order chi connectivity index (χ1) is 14.3. The summed E-state index contributed by atoms with van der Waals surface area (Å²) in [7, 11) is 2.57. The third-order valence-electron chi connectivity index (χ3n) is 4.27. The number of carbonyl (C=O) groups is 2. The van der Waals surface area contributed by atoms with E-state index in [-0.39, 0.29) is 11.4 Å². The number of hydrogen-bond acceptors (Lipinski definition) is 8. The maximum Gasteiger partial charge on any atom is 0.341 e. The lowest BCUT2D eigenvalue weighted by Gasteiger charge is -2.11. The largest absolute Gasteiger partial charge is 0.454 e. The summed E-state index contributed by atoms with van der Waals surface area (Å²) in [6, 6.07) is 12.4. The third-order valence-corrected chi connectivity index (χ3v) is 5.30. The molecule has 3 rings (SSSR count). The van der Waals surface area contributed by atoms with Gasteiger partial charge in [-0.3, -0.25) is 18.7 Å². The second kappa shape index (κ2) is 8.78. The van der Waals surface area contributed by atoms with E-state index in [0.717, 1.165) is 14.0 Å². The Kier molecular flexibility index (Phi) is 6.17. The molecule has 0 radical (unpaired) electrons. The third kappa shape index (κ3) is 4.18. The molecule has 9 nitrogen and oxygen atoms in total. The molecule has 0 unspecified atom stereocenters. The number of hydrogen-bond donors (Lipinski definition) is 1. The number of pyridine rings is 1. The van der Waals surface area contributed by atoms with Crippen molar-refractivity contribution in [1.82, 2.24) is 14.1 Å². The van der Waals surface area contributed by atoms with Gasteiger partial charge in [-0.25, -0.2) is 14.6 Å². The second-order valence-corrected chi connectivity index (χ2v) is 7.30. The quantitative estimate of drug-likeness (QED) is 0.461. The van der Waals surface area contributed by atoms with Crippen molar-refractivity contribution in [2.75, 3.05) is 12.3 Å². The Morgan fingerprint density at radius 3 is 2.47 bits per heavy atom. The number of nitrogen functional groups attached to an aromatic ring is 1. The first-order valence-corrected chi connectivity index (χ1v) is 9.56. The molecule has 2 N–H and O–H groups in total. The van der Waals surface area contributed by atoms with Crippen LogP contribution in [0.4, 0.5) is 5.82 Å². The van der Waals surface area contributed by atoms with Crippen LogP contribution in [0.25, 0.3) is 0 Å². The van der Waals surface area contributed by atoms with Crippen molar-refractivity contribution in [1.29, 1.82) is 0 Å². The lowest BCUT2D eigenvalue weighted by atomic mass is 10.2. The van der Waals surface area contributed by atoms with Crippen molar-refractivity contribution >= 4 is 29.3 Å². The molecule has 0 amide bonds. The van der Waals surface area contributed by atoms with Gasteiger partial charge in [0.15, 0.2) is 6.61 Å². The minimum atomic E-state index is -0.849. The van der Waals surface area contributed by atoms with Crippen LogP contribution in [0.1, 0.15) is 20.7 Å². The fraction of sp³-hybridized carbons (Fsp3) is 0.150. The molecular formula is C20H18N4O5S. The van der Waals surface area contributed by atoms with Gasteiger partial charge in [-0.1, -0.05) is 30.0 Å². The van der Waals surface area contributed by atoms with Crippen molar-refractivity contribution in [2.45, 2.75) is 9.92 Å². The molecule has 0 fully saturated rings. The summed E-state index contributed by atoms with van der Waals surface area (Å²) in [4.78, 5) is 54.3. The second-order valence-electron chi connectivity index (χ2n) is 6.24.